The van der Waals surface area contributed by atoms with Crippen molar-refractivity contribution in [3.63, 3.8) is 0 Å². The van der Waals surface area contributed by atoms with Crippen molar-refractivity contribution in [3.8, 4) is 0 Å². The average Bonchev–Trinajstić information content (AvgIpc) is 2.91. The number of carbonyl (C=O) groups is 1. The predicted molar refractivity (Wildman–Crippen MR) is 148 cm³/mol. The number of nitrogens with one attached hydrogen (secondary N) is 2. The molecule has 202 valence electrons. The first-order chi connectivity index (χ1) is 18.3. The number of pyridine rings is 1. The number of nitrogens with zero attached hydrogens (tertiary/aromatic N) is 2. The lowest BCUT2D eigenvalue weighted by Crippen LogP contribution is -3.13. The van der Waals surface area contributed by atoms with Gasteiger partial charge >= 0.3 is 5.97 Å². The smallest absolute Gasteiger partial charge is 0.342 e. The molecule has 8 heteroatoms. The molecule has 2 N–H and O–H groups in total. The van der Waals surface area contributed by atoms with Crippen molar-refractivity contribution in [2.24, 2.45) is 0 Å². The van der Waals surface area contributed by atoms with Crippen LogP contribution in [-0.2, 0) is 24.4 Å². The second-order valence-electron chi connectivity index (χ2n) is 10.2. The zero-order valence-corrected chi connectivity index (χ0v) is 23.2. The van der Waals surface area contributed by atoms with Gasteiger partial charge in [-0.1, -0.05) is 41.9 Å². The molecule has 3 aromatic rings. The minimum Gasteiger partial charge on any atom is -0.459 e. The lowest BCUT2D eigenvalue weighted by molar-refractivity contribution is -0.926. The molecule has 38 heavy (non-hydrogen) atoms. The van der Waals surface area contributed by atoms with Crippen LogP contribution in [0.5, 0.6) is 0 Å². The Labute approximate surface area is 230 Å². The van der Waals surface area contributed by atoms with Gasteiger partial charge in [0.05, 0.1) is 49.4 Å². The SMILES string of the molecule is CC[NH+](Cc1ccc(C[NH+]2CCN(c3ncccc3C(=O)OC(C)C)CC2)cc1)Cc1c(F)cccc1Cl. The fourth-order valence-corrected chi connectivity index (χ4v) is 5.14. The minimum atomic E-state index is -0.321. The number of esters is 1. The summed E-state index contributed by atoms with van der Waals surface area (Å²) >= 11 is 6.25. The molecule has 2 aromatic carbocycles. The van der Waals surface area contributed by atoms with E-state index < -0.39 is 0 Å². The summed E-state index contributed by atoms with van der Waals surface area (Å²) in [5.74, 6) is 0.149. The number of hydrogen-bond acceptors (Lipinski definition) is 4. The van der Waals surface area contributed by atoms with Gasteiger partial charge in [-0.25, -0.2) is 14.2 Å². The number of halogens is 2. The molecule has 0 aliphatic carbocycles. The fourth-order valence-electron chi connectivity index (χ4n) is 4.91. The summed E-state index contributed by atoms with van der Waals surface area (Å²) in [5.41, 5.74) is 3.64. The molecular weight excluding hydrogens is 503 g/mol. The Bertz CT molecular complexity index is 1190. The van der Waals surface area contributed by atoms with Crippen LogP contribution in [0.3, 0.4) is 0 Å². The van der Waals surface area contributed by atoms with Crippen molar-refractivity contribution >= 4 is 23.4 Å². The van der Waals surface area contributed by atoms with Crippen LogP contribution in [0.1, 0.15) is 47.8 Å². The van der Waals surface area contributed by atoms with Gasteiger partial charge in [0, 0.05) is 17.3 Å². The lowest BCUT2D eigenvalue weighted by Gasteiger charge is -2.33. The second-order valence-corrected chi connectivity index (χ2v) is 10.6. The van der Waals surface area contributed by atoms with Gasteiger partial charge in [-0.15, -0.1) is 0 Å². The lowest BCUT2D eigenvalue weighted by atomic mass is 10.1. The fraction of sp³-hybridized carbons (Fsp3) is 0.400. The molecule has 6 nitrogen and oxygen atoms in total. The highest BCUT2D eigenvalue weighted by Crippen LogP contribution is 2.19. The van der Waals surface area contributed by atoms with Crippen molar-refractivity contribution < 1.29 is 23.7 Å². The van der Waals surface area contributed by atoms with Crippen LogP contribution >= 0.6 is 11.6 Å². The van der Waals surface area contributed by atoms with E-state index in [9.17, 15) is 9.18 Å². The minimum absolute atomic E-state index is 0.167. The first-order valence-corrected chi connectivity index (χ1v) is 13.8. The van der Waals surface area contributed by atoms with Crippen LogP contribution in [0, 0.1) is 5.82 Å². The maximum Gasteiger partial charge on any atom is 0.342 e. The molecule has 1 fully saturated rings. The number of rotatable bonds is 10. The third-order valence-corrected chi connectivity index (χ3v) is 7.39. The monoisotopic (exact) mass is 540 g/mol. The standard InChI is InChI=1S/C30H36ClFN4O2/c1-4-34(21-26-27(31)8-5-9-28(26)32)19-23-10-12-24(13-11-23)20-35-15-17-36(18-16-35)29-25(7-6-14-33-29)30(37)38-22(2)3/h5-14,22H,4,15-21H2,1-3H3/p+2. The normalized spacial score (nSPS) is 15.1. The van der Waals surface area contributed by atoms with Crippen molar-refractivity contribution in [2.45, 2.75) is 46.5 Å². The van der Waals surface area contributed by atoms with Crippen LogP contribution in [0.4, 0.5) is 10.2 Å². The van der Waals surface area contributed by atoms with Gasteiger partial charge in [0.25, 0.3) is 0 Å². The van der Waals surface area contributed by atoms with E-state index in [1.54, 1.807) is 30.5 Å². The summed E-state index contributed by atoms with van der Waals surface area (Å²) in [7, 11) is 0. The Morgan fingerprint density at radius 2 is 1.79 bits per heavy atom. The third kappa shape index (κ3) is 7.31. The van der Waals surface area contributed by atoms with Gasteiger partial charge in [0.15, 0.2) is 0 Å². The molecule has 1 atom stereocenters. The van der Waals surface area contributed by atoms with E-state index >= 15 is 0 Å². The van der Waals surface area contributed by atoms with E-state index in [-0.39, 0.29) is 17.9 Å². The van der Waals surface area contributed by atoms with E-state index in [1.807, 2.05) is 13.8 Å². The molecule has 0 bridgehead atoms. The maximum atomic E-state index is 14.3. The molecule has 1 aliphatic rings. The highest BCUT2D eigenvalue weighted by atomic mass is 35.5. The Morgan fingerprint density at radius 1 is 1.08 bits per heavy atom. The summed E-state index contributed by atoms with van der Waals surface area (Å²) in [4.78, 5) is 22.0. The zero-order chi connectivity index (χ0) is 27.1. The number of aromatic nitrogens is 1. The zero-order valence-electron chi connectivity index (χ0n) is 22.5. The maximum absolute atomic E-state index is 14.3. The van der Waals surface area contributed by atoms with Gasteiger partial charge < -0.3 is 19.4 Å². The van der Waals surface area contributed by atoms with Gasteiger partial charge in [-0.3, -0.25) is 0 Å². The van der Waals surface area contributed by atoms with Gasteiger partial charge in [-0.2, -0.15) is 0 Å². The van der Waals surface area contributed by atoms with Crippen molar-refractivity contribution in [2.75, 3.05) is 37.6 Å². The Morgan fingerprint density at radius 3 is 2.45 bits per heavy atom. The molecule has 1 aromatic heterocycles. The highest BCUT2D eigenvalue weighted by molar-refractivity contribution is 6.31. The number of ether oxygens (including phenoxy) is 1. The molecule has 0 amide bonds. The first kappa shape index (κ1) is 28.0. The number of carbonyl (C=O) groups excluding carboxylic acids is 1. The molecule has 1 saturated heterocycles. The van der Waals surface area contributed by atoms with Crippen LogP contribution in [-0.4, -0.2) is 49.8 Å². The number of piperazine rings is 1. The summed E-state index contributed by atoms with van der Waals surface area (Å²) in [6.45, 7) is 12.6. The van der Waals surface area contributed by atoms with Crippen molar-refractivity contribution in [1.29, 1.82) is 0 Å². The van der Waals surface area contributed by atoms with Crippen LogP contribution < -0.4 is 14.7 Å². The van der Waals surface area contributed by atoms with E-state index in [0.29, 0.717) is 28.5 Å². The van der Waals surface area contributed by atoms with E-state index in [4.69, 9.17) is 16.3 Å². The molecule has 0 spiro atoms. The summed E-state index contributed by atoms with van der Waals surface area (Å²) in [6.07, 6.45) is 1.56. The summed E-state index contributed by atoms with van der Waals surface area (Å²) < 4.78 is 19.7. The summed E-state index contributed by atoms with van der Waals surface area (Å²) in [6, 6.07) is 17.2. The average molecular weight is 541 g/mol. The molecule has 0 saturated carbocycles. The Hall–Kier alpha value is -3.00. The van der Waals surface area contributed by atoms with E-state index in [2.05, 4.69) is 41.1 Å². The van der Waals surface area contributed by atoms with Crippen LogP contribution in [0.15, 0.2) is 60.8 Å². The topological polar surface area (TPSA) is 51.3 Å². The summed E-state index contributed by atoms with van der Waals surface area (Å²) in [5, 5.41) is 0.490. The van der Waals surface area contributed by atoms with Crippen molar-refractivity contribution in [1.82, 2.24) is 4.98 Å². The highest BCUT2D eigenvalue weighted by Gasteiger charge is 2.25. The Kier molecular flexibility index (Phi) is 9.72. The van der Waals surface area contributed by atoms with Gasteiger partial charge in [0.2, 0.25) is 0 Å². The van der Waals surface area contributed by atoms with Crippen LogP contribution in [0.2, 0.25) is 5.02 Å². The van der Waals surface area contributed by atoms with Gasteiger partial charge in [-0.05, 0) is 45.0 Å². The molecule has 1 aliphatic heterocycles. The van der Waals surface area contributed by atoms with Crippen LogP contribution in [0.25, 0.3) is 0 Å². The number of quaternary nitrogens is 2. The first-order valence-electron chi connectivity index (χ1n) is 13.4. The van der Waals surface area contributed by atoms with Gasteiger partial charge in [0.1, 0.15) is 36.8 Å². The van der Waals surface area contributed by atoms with E-state index in [1.165, 1.54) is 27.0 Å². The number of anilines is 1. The largest absolute Gasteiger partial charge is 0.459 e. The predicted octanol–water partition coefficient (Wildman–Crippen LogP) is 2.95. The molecule has 2 heterocycles. The van der Waals surface area contributed by atoms with E-state index in [0.717, 1.165) is 45.8 Å². The molecule has 0 radical (unpaired) electrons. The third-order valence-electron chi connectivity index (χ3n) is 7.04. The molecular formula is C30H38ClFN4O2+2. The second kappa shape index (κ2) is 13.2. The molecule has 4 rings (SSSR count). The quantitative estimate of drug-likeness (QED) is 0.388. The Balaban J connectivity index is 1.31. The number of hydrogen-bond donors (Lipinski definition) is 2. The van der Waals surface area contributed by atoms with Crippen molar-refractivity contribution in [3.05, 3.63) is 93.9 Å². The molecule has 1 unspecified atom stereocenters. The number of benzene rings is 2.